The molecule has 226 valence electrons. The quantitative estimate of drug-likeness (QED) is 0.0777. The Morgan fingerprint density at radius 2 is 1.00 bits per heavy atom. The number of esters is 1. The van der Waals surface area contributed by atoms with E-state index in [4.69, 9.17) is 28.4 Å². The highest BCUT2D eigenvalue weighted by atomic mass is 16.6. The van der Waals surface area contributed by atoms with Gasteiger partial charge in [-0.15, -0.1) is 0 Å². The van der Waals surface area contributed by atoms with Crippen LogP contribution in [0, 0.1) is 6.92 Å². The summed E-state index contributed by atoms with van der Waals surface area (Å²) in [6, 6.07) is 7.96. The molecular formula is C32H56O7. The van der Waals surface area contributed by atoms with Gasteiger partial charge in [0.15, 0.2) is 0 Å². The number of unbranched alkanes of at least 4 members (excludes halogenated alkanes) is 10. The van der Waals surface area contributed by atoms with E-state index >= 15 is 0 Å². The molecular weight excluding hydrogens is 496 g/mol. The number of hydrogen-bond donors (Lipinski definition) is 0. The molecule has 1 aromatic rings. The van der Waals surface area contributed by atoms with E-state index < -0.39 is 0 Å². The predicted molar refractivity (Wildman–Crippen MR) is 157 cm³/mol. The van der Waals surface area contributed by atoms with E-state index in [9.17, 15) is 4.79 Å². The van der Waals surface area contributed by atoms with Crippen LogP contribution in [0.4, 0.5) is 0 Å². The second-order valence-electron chi connectivity index (χ2n) is 9.97. The van der Waals surface area contributed by atoms with Crippen LogP contribution < -0.4 is 4.74 Å². The highest BCUT2D eigenvalue weighted by molar-refractivity contribution is 5.69. The van der Waals surface area contributed by atoms with Gasteiger partial charge in [0.1, 0.15) is 12.4 Å². The van der Waals surface area contributed by atoms with Crippen molar-refractivity contribution in [1.82, 2.24) is 0 Å². The van der Waals surface area contributed by atoms with Crippen molar-refractivity contribution in [1.29, 1.82) is 0 Å². The Bertz CT molecular complexity index is 650. The van der Waals surface area contributed by atoms with Crippen LogP contribution in [0.3, 0.4) is 0 Å². The molecule has 0 bridgehead atoms. The molecule has 0 spiro atoms. The van der Waals surface area contributed by atoms with Gasteiger partial charge in [0.2, 0.25) is 0 Å². The van der Waals surface area contributed by atoms with Gasteiger partial charge in [-0.2, -0.15) is 0 Å². The minimum absolute atomic E-state index is 0.199. The van der Waals surface area contributed by atoms with Crippen LogP contribution in [0.25, 0.3) is 0 Å². The van der Waals surface area contributed by atoms with E-state index in [0.717, 1.165) is 31.6 Å². The van der Waals surface area contributed by atoms with Crippen LogP contribution >= 0.6 is 0 Å². The molecule has 7 heteroatoms. The number of ether oxygens (including phenoxy) is 6. The van der Waals surface area contributed by atoms with Crippen molar-refractivity contribution >= 4 is 5.97 Å². The molecule has 0 saturated carbocycles. The van der Waals surface area contributed by atoms with Gasteiger partial charge in [-0.05, 0) is 38.3 Å². The van der Waals surface area contributed by atoms with E-state index in [1.807, 2.05) is 31.2 Å². The standard InChI is InChI=1S/C32H56O7/c1-3-4-5-6-7-8-9-10-11-13-20-34-22-23-35-24-25-36-26-27-37-28-29-39-32(33)15-12-14-21-38-31-18-16-30(2)17-19-31/h16-19H,3-15,20-29H2,1-2H3. The second kappa shape index (κ2) is 27.9. The molecule has 0 heterocycles. The molecule has 7 nitrogen and oxygen atoms in total. The fourth-order valence-corrected chi connectivity index (χ4v) is 3.94. The normalized spacial score (nSPS) is 11.1. The van der Waals surface area contributed by atoms with Gasteiger partial charge >= 0.3 is 5.97 Å². The van der Waals surface area contributed by atoms with Crippen LogP contribution in [0.2, 0.25) is 0 Å². The van der Waals surface area contributed by atoms with Gasteiger partial charge in [0, 0.05) is 13.0 Å². The molecule has 0 aliphatic rings. The Hall–Kier alpha value is -1.67. The number of benzene rings is 1. The summed E-state index contributed by atoms with van der Waals surface area (Å²) in [6.45, 7) is 9.65. The van der Waals surface area contributed by atoms with Crippen molar-refractivity contribution < 1.29 is 33.2 Å². The highest BCUT2D eigenvalue weighted by Crippen LogP contribution is 2.12. The van der Waals surface area contributed by atoms with E-state index in [1.54, 1.807) is 0 Å². The summed E-state index contributed by atoms with van der Waals surface area (Å²) in [5, 5.41) is 0. The minimum Gasteiger partial charge on any atom is -0.494 e. The lowest BCUT2D eigenvalue weighted by Gasteiger charge is -2.08. The molecule has 39 heavy (non-hydrogen) atoms. The van der Waals surface area contributed by atoms with Gasteiger partial charge in [0.25, 0.3) is 0 Å². The molecule has 0 radical (unpaired) electrons. The van der Waals surface area contributed by atoms with Gasteiger partial charge in [-0.3, -0.25) is 4.79 Å². The molecule has 0 aliphatic carbocycles. The zero-order valence-corrected chi connectivity index (χ0v) is 24.9. The molecule has 0 fully saturated rings. The summed E-state index contributed by atoms with van der Waals surface area (Å²) in [5.41, 5.74) is 1.21. The fourth-order valence-electron chi connectivity index (χ4n) is 3.94. The summed E-state index contributed by atoms with van der Waals surface area (Å²) in [4.78, 5) is 11.8. The Kier molecular flexibility index (Phi) is 25.3. The third-order valence-electron chi connectivity index (χ3n) is 6.31. The number of rotatable bonds is 29. The summed E-state index contributed by atoms with van der Waals surface area (Å²) in [6.07, 6.45) is 15.3. The molecule has 0 N–H and O–H groups in total. The van der Waals surface area contributed by atoms with Crippen molar-refractivity contribution in [2.75, 3.05) is 66.1 Å². The second-order valence-corrected chi connectivity index (χ2v) is 9.97. The van der Waals surface area contributed by atoms with Gasteiger partial charge in [-0.25, -0.2) is 0 Å². The van der Waals surface area contributed by atoms with E-state index in [1.165, 1.54) is 63.4 Å². The van der Waals surface area contributed by atoms with Crippen molar-refractivity contribution in [2.45, 2.75) is 97.3 Å². The van der Waals surface area contributed by atoms with Crippen LogP contribution in [-0.2, 0) is 28.5 Å². The summed E-state index contributed by atoms with van der Waals surface area (Å²) < 4.78 is 32.9. The third kappa shape index (κ3) is 25.1. The van der Waals surface area contributed by atoms with Crippen molar-refractivity contribution in [2.24, 2.45) is 0 Å². The zero-order valence-electron chi connectivity index (χ0n) is 24.9. The van der Waals surface area contributed by atoms with Gasteiger partial charge < -0.3 is 28.4 Å². The lowest BCUT2D eigenvalue weighted by Crippen LogP contribution is -2.14. The van der Waals surface area contributed by atoms with Gasteiger partial charge in [0.05, 0.1) is 52.9 Å². The van der Waals surface area contributed by atoms with E-state index in [-0.39, 0.29) is 12.6 Å². The number of aryl methyl sites for hydroxylation is 1. The first-order chi connectivity index (χ1) is 19.2. The number of carbonyl (C=O) groups excluding carboxylic acids is 1. The maximum atomic E-state index is 11.8. The first kappa shape index (κ1) is 35.4. The van der Waals surface area contributed by atoms with Crippen molar-refractivity contribution in [3.05, 3.63) is 29.8 Å². The molecule has 0 saturated heterocycles. The van der Waals surface area contributed by atoms with E-state index in [0.29, 0.717) is 59.3 Å². The Morgan fingerprint density at radius 1 is 0.538 bits per heavy atom. The first-order valence-electron chi connectivity index (χ1n) is 15.4. The molecule has 1 aromatic carbocycles. The zero-order chi connectivity index (χ0) is 28.1. The predicted octanol–water partition coefficient (Wildman–Crippen LogP) is 7.07. The molecule has 0 unspecified atom stereocenters. The molecule has 1 rings (SSSR count). The molecule has 0 aromatic heterocycles. The lowest BCUT2D eigenvalue weighted by molar-refractivity contribution is -0.145. The largest absolute Gasteiger partial charge is 0.494 e. The highest BCUT2D eigenvalue weighted by Gasteiger charge is 2.03. The van der Waals surface area contributed by atoms with E-state index in [2.05, 4.69) is 6.92 Å². The van der Waals surface area contributed by atoms with Crippen molar-refractivity contribution in [3.8, 4) is 5.75 Å². The summed E-state index contributed by atoms with van der Waals surface area (Å²) in [5.74, 6) is 0.659. The third-order valence-corrected chi connectivity index (χ3v) is 6.31. The topological polar surface area (TPSA) is 72.5 Å². The van der Waals surface area contributed by atoms with Crippen LogP contribution in [-0.4, -0.2) is 72.0 Å². The maximum Gasteiger partial charge on any atom is 0.305 e. The first-order valence-corrected chi connectivity index (χ1v) is 15.4. The average Bonchev–Trinajstić information content (AvgIpc) is 2.94. The Balaban J connectivity index is 1.70. The monoisotopic (exact) mass is 552 g/mol. The smallest absolute Gasteiger partial charge is 0.305 e. The number of carbonyl (C=O) groups is 1. The minimum atomic E-state index is -0.199. The van der Waals surface area contributed by atoms with Crippen molar-refractivity contribution in [3.63, 3.8) is 0 Å². The fraction of sp³-hybridized carbons (Fsp3) is 0.781. The van der Waals surface area contributed by atoms with Gasteiger partial charge in [-0.1, -0.05) is 82.4 Å². The maximum absolute atomic E-state index is 11.8. The summed E-state index contributed by atoms with van der Waals surface area (Å²) in [7, 11) is 0. The Labute approximate surface area is 238 Å². The van der Waals surface area contributed by atoms with Crippen LogP contribution in [0.1, 0.15) is 96.0 Å². The molecule has 0 atom stereocenters. The van der Waals surface area contributed by atoms with Crippen LogP contribution in [0.15, 0.2) is 24.3 Å². The molecule has 0 aliphatic heterocycles. The van der Waals surface area contributed by atoms with Crippen LogP contribution in [0.5, 0.6) is 5.75 Å². The SMILES string of the molecule is CCCCCCCCCCCCOCCOCCOCCOCCOC(=O)CCCCOc1ccc(C)cc1. The number of hydrogen-bond acceptors (Lipinski definition) is 7. The molecule has 0 amide bonds. The lowest BCUT2D eigenvalue weighted by atomic mass is 10.1. The summed E-state index contributed by atoms with van der Waals surface area (Å²) >= 11 is 0. The Morgan fingerprint density at radius 3 is 1.56 bits per heavy atom. The average molecular weight is 553 g/mol.